The number of β-amino-alcohol motifs (C(OH)–C–C–N with tert-alkyl or cyclic N) is 1. The van der Waals surface area contributed by atoms with E-state index < -0.39 is 12.1 Å². The first-order valence-electron chi connectivity index (χ1n) is 10.1. The maximum absolute atomic E-state index is 12.4. The van der Waals surface area contributed by atoms with Crippen LogP contribution in [0.3, 0.4) is 0 Å². The van der Waals surface area contributed by atoms with E-state index in [1.165, 1.54) is 18.4 Å². The summed E-state index contributed by atoms with van der Waals surface area (Å²) in [6, 6.07) is 3.22. The first-order chi connectivity index (χ1) is 14.1. The number of esters is 1. The molecule has 2 fully saturated rings. The zero-order valence-electron chi connectivity index (χ0n) is 16.3. The van der Waals surface area contributed by atoms with E-state index in [1.807, 2.05) is 18.3 Å². The zero-order chi connectivity index (χ0) is 20.0. The molecule has 5 rings (SSSR count). The second-order valence-electron chi connectivity index (χ2n) is 7.73. The van der Waals surface area contributed by atoms with Gasteiger partial charge in [-0.05, 0) is 49.5 Å². The minimum absolute atomic E-state index is 0.280. The van der Waals surface area contributed by atoms with E-state index >= 15 is 0 Å². The van der Waals surface area contributed by atoms with E-state index in [1.54, 1.807) is 16.3 Å². The van der Waals surface area contributed by atoms with Crippen LogP contribution in [0.1, 0.15) is 26.2 Å². The van der Waals surface area contributed by atoms with Crippen LogP contribution in [0.4, 0.5) is 11.8 Å². The molecule has 0 unspecified atom stereocenters. The molecule has 1 aliphatic carbocycles. The summed E-state index contributed by atoms with van der Waals surface area (Å²) in [6.07, 6.45) is 6.12. The predicted molar refractivity (Wildman–Crippen MR) is 108 cm³/mol. The summed E-state index contributed by atoms with van der Waals surface area (Å²) in [7, 11) is 0. The van der Waals surface area contributed by atoms with Crippen LogP contribution >= 0.6 is 0 Å². The fourth-order valence-corrected chi connectivity index (χ4v) is 3.97. The van der Waals surface area contributed by atoms with Gasteiger partial charge in [0.05, 0.1) is 19.3 Å². The highest BCUT2D eigenvalue weighted by atomic mass is 16.5. The number of aliphatic hydroxyl groups excluding tert-OH is 1. The Hall–Kier alpha value is -2.94. The van der Waals surface area contributed by atoms with Gasteiger partial charge in [0.25, 0.3) is 0 Å². The van der Waals surface area contributed by atoms with Gasteiger partial charge in [-0.3, -0.25) is 4.99 Å². The fraction of sp³-hybridized carbons (Fsp3) is 0.500. The normalized spacial score (nSPS) is 24.0. The quantitative estimate of drug-likeness (QED) is 0.736. The molecule has 4 heterocycles. The molecule has 0 spiro atoms. The molecule has 0 bridgehead atoms. The van der Waals surface area contributed by atoms with E-state index in [0.29, 0.717) is 30.7 Å². The summed E-state index contributed by atoms with van der Waals surface area (Å²) in [4.78, 5) is 23.4. The summed E-state index contributed by atoms with van der Waals surface area (Å²) in [5, 5.41) is 18.0. The van der Waals surface area contributed by atoms with E-state index in [2.05, 4.69) is 26.5 Å². The standard InChI is InChI=1S/C20H24N6O3/c1-2-29-19(28)16-9-14(27)11-25(16)20-23-18(15-4-3-7-26(15)24-20)22-17-8-13(10-21-17)12-5-6-12/h3-4,7-8,12,14,16,27H,2,5-6,9-11H2,1H3,(H,21,22,23,24)/t14-,16-/m0/s1. The van der Waals surface area contributed by atoms with E-state index in [9.17, 15) is 9.90 Å². The molecule has 2 aliphatic heterocycles. The molecule has 1 saturated carbocycles. The Morgan fingerprint density at radius 2 is 2.28 bits per heavy atom. The number of nitrogens with zero attached hydrogens (tertiary/aromatic N) is 5. The van der Waals surface area contributed by atoms with E-state index in [0.717, 1.165) is 17.9 Å². The number of carbonyl (C=O) groups excluding carboxylic acids is 1. The van der Waals surface area contributed by atoms with Crippen LogP contribution in [-0.2, 0) is 9.53 Å². The Morgan fingerprint density at radius 1 is 1.41 bits per heavy atom. The number of carbonyl (C=O) groups is 1. The maximum Gasteiger partial charge on any atom is 0.328 e. The third kappa shape index (κ3) is 3.46. The molecule has 2 aromatic rings. The molecule has 0 amide bonds. The molecular weight excluding hydrogens is 372 g/mol. The molecule has 152 valence electrons. The Morgan fingerprint density at radius 3 is 3.07 bits per heavy atom. The van der Waals surface area contributed by atoms with E-state index in [-0.39, 0.29) is 12.5 Å². The van der Waals surface area contributed by atoms with Crippen molar-refractivity contribution < 1.29 is 14.6 Å². The number of ether oxygens (including phenoxy) is 1. The van der Waals surface area contributed by atoms with Crippen LogP contribution < -0.4 is 10.2 Å². The molecule has 3 aliphatic rings. The van der Waals surface area contributed by atoms with Gasteiger partial charge in [-0.15, -0.1) is 5.10 Å². The van der Waals surface area contributed by atoms with Gasteiger partial charge >= 0.3 is 5.97 Å². The minimum atomic E-state index is -0.631. The molecule has 29 heavy (non-hydrogen) atoms. The van der Waals surface area contributed by atoms with Crippen molar-refractivity contribution in [2.75, 3.05) is 29.9 Å². The van der Waals surface area contributed by atoms with Crippen LogP contribution in [0.15, 0.2) is 35.0 Å². The number of fused-ring (bicyclic) bond motifs is 1. The van der Waals surface area contributed by atoms with E-state index in [4.69, 9.17) is 4.74 Å². The lowest BCUT2D eigenvalue weighted by Gasteiger charge is -2.23. The van der Waals surface area contributed by atoms with Crippen LogP contribution in [0.5, 0.6) is 0 Å². The number of rotatable bonds is 5. The summed E-state index contributed by atoms with van der Waals surface area (Å²) < 4.78 is 6.90. The summed E-state index contributed by atoms with van der Waals surface area (Å²) in [6.45, 7) is 3.08. The van der Waals surface area contributed by atoms with Crippen molar-refractivity contribution in [3.8, 4) is 0 Å². The van der Waals surface area contributed by atoms with Gasteiger partial charge in [0, 0.05) is 19.2 Å². The smallest absolute Gasteiger partial charge is 0.328 e. The molecule has 9 heteroatoms. The van der Waals surface area contributed by atoms with Crippen LogP contribution in [0, 0.1) is 5.92 Å². The molecule has 9 nitrogen and oxygen atoms in total. The first kappa shape index (κ1) is 18.1. The molecule has 0 aromatic carbocycles. The third-order valence-electron chi connectivity index (χ3n) is 5.58. The number of anilines is 2. The number of hydrogen-bond acceptors (Lipinski definition) is 8. The molecular formula is C20H24N6O3. The van der Waals surface area contributed by atoms with Crippen LogP contribution in [-0.4, -0.2) is 63.4 Å². The average Bonchev–Trinajstić information content (AvgIpc) is 3.10. The van der Waals surface area contributed by atoms with Crippen molar-refractivity contribution in [2.45, 2.75) is 38.3 Å². The summed E-state index contributed by atoms with van der Waals surface area (Å²) >= 11 is 0. The van der Waals surface area contributed by atoms with Crippen LogP contribution in [0.25, 0.3) is 5.52 Å². The summed E-state index contributed by atoms with van der Waals surface area (Å²) in [5.74, 6) is 2.10. The second-order valence-corrected chi connectivity index (χ2v) is 7.73. The highest BCUT2D eigenvalue weighted by Gasteiger charge is 2.39. The van der Waals surface area contributed by atoms with Gasteiger partial charge in [0.1, 0.15) is 17.4 Å². The lowest BCUT2D eigenvalue weighted by molar-refractivity contribution is -0.144. The molecule has 2 N–H and O–H groups in total. The van der Waals surface area contributed by atoms with Crippen molar-refractivity contribution >= 4 is 29.1 Å². The van der Waals surface area contributed by atoms with Gasteiger partial charge in [-0.1, -0.05) is 0 Å². The number of hydrogen-bond donors (Lipinski definition) is 2. The number of nitrogens with one attached hydrogen (secondary N) is 1. The number of aliphatic imine (C=N–C) groups is 1. The Bertz CT molecular complexity index is 1010. The Kier molecular flexibility index (Phi) is 4.46. The third-order valence-corrected chi connectivity index (χ3v) is 5.58. The number of aromatic nitrogens is 3. The highest BCUT2D eigenvalue weighted by molar-refractivity contribution is 6.07. The maximum atomic E-state index is 12.4. The highest BCUT2D eigenvalue weighted by Crippen LogP contribution is 2.38. The van der Waals surface area contributed by atoms with Crippen molar-refractivity contribution in [3.05, 3.63) is 30.0 Å². The van der Waals surface area contributed by atoms with Gasteiger partial charge in [0.2, 0.25) is 5.95 Å². The second kappa shape index (κ2) is 7.14. The van der Waals surface area contributed by atoms with Crippen molar-refractivity contribution in [1.82, 2.24) is 14.6 Å². The molecule has 2 atom stereocenters. The van der Waals surface area contributed by atoms with Gasteiger partial charge in [0.15, 0.2) is 5.82 Å². The van der Waals surface area contributed by atoms with Crippen LogP contribution in [0.2, 0.25) is 0 Å². The van der Waals surface area contributed by atoms with Gasteiger partial charge in [-0.2, -0.15) is 4.98 Å². The van der Waals surface area contributed by atoms with Crippen molar-refractivity contribution in [3.63, 3.8) is 0 Å². The molecule has 0 radical (unpaired) electrons. The topological polar surface area (TPSA) is 104 Å². The van der Waals surface area contributed by atoms with Crippen molar-refractivity contribution in [2.24, 2.45) is 10.9 Å². The van der Waals surface area contributed by atoms with Crippen molar-refractivity contribution in [1.29, 1.82) is 0 Å². The lowest BCUT2D eigenvalue weighted by atomic mass is 10.2. The lowest BCUT2D eigenvalue weighted by Crippen LogP contribution is -2.39. The Labute approximate surface area is 168 Å². The minimum Gasteiger partial charge on any atom is -0.464 e. The summed E-state index contributed by atoms with van der Waals surface area (Å²) in [5.41, 5.74) is 2.19. The van der Waals surface area contributed by atoms with Gasteiger partial charge < -0.3 is 20.1 Å². The first-order valence-corrected chi connectivity index (χ1v) is 10.1. The monoisotopic (exact) mass is 396 g/mol. The average molecular weight is 396 g/mol. The fourth-order valence-electron chi connectivity index (χ4n) is 3.97. The zero-order valence-corrected chi connectivity index (χ0v) is 16.3. The predicted octanol–water partition coefficient (Wildman–Crippen LogP) is 1.39. The number of aliphatic hydroxyl groups is 1. The largest absolute Gasteiger partial charge is 0.464 e. The molecule has 1 saturated heterocycles. The number of amidine groups is 1. The Balaban J connectivity index is 1.46. The SMILES string of the molecule is CCOC(=O)[C@@H]1C[C@H](O)CN1c1nc(NC2=NCC(C3CC3)=C2)c2cccn2n1. The molecule has 2 aromatic heterocycles. The van der Waals surface area contributed by atoms with Gasteiger partial charge in [-0.25, -0.2) is 9.31 Å².